The van der Waals surface area contributed by atoms with E-state index in [-0.39, 0.29) is 5.91 Å². The number of hydrogen-bond acceptors (Lipinski definition) is 3. The summed E-state index contributed by atoms with van der Waals surface area (Å²) in [6, 6.07) is 6.17. The number of aryl methyl sites for hydroxylation is 1. The van der Waals surface area contributed by atoms with Gasteiger partial charge in [0.2, 0.25) is 5.91 Å². The van der Waals surface area contributed by atoms with E-state index >= 15 is 0 Å². The Kier molecular flexibility index (Phi) is 4.96. The molecule has 1 aliphatic rings. The predicted molar refractivity (Wildman–Crippen MR) is 81.2 cm³/mol. The lowest BCUT2D eigenvalue weighted by Gasteiger charge is -2.22. The number of nitrogens with two attached hydrogens (primary N) is 1. The Morgan fingerprint density at radius 2 is 2.37 bits per heavy atom. The second kappa shape index (κ2) is 6.50. The Balaban J connectivity index is 1.92. The molecular formula is C14H20BrN3O. The summed E-state index contributed by atoms with van der Waals surface area (Å²) in [5, 5.41) is 2.94. The van der Waals surface area contributed by atoms with E-state index in [1.165, 1.54) is 0 Å². The van der Waals surface area contributed by atoms with Crippen LogP contribution in [0.3, 0.4) is 0 Å². The van der Waals surface area contributed by atoms with Crippen molar-refractivity contribution in [2.24, 2.45) is 5.73 Å². The molecule has 1 saturated heterocycles. The molecule has 1 heterocycles. The van der Waals surface area contributed by atoms with Crippen molar-refractivity contribution in [3.63, 3.8) is 0 Å². The molecule has 4 nitrogen and oxygen atoms in total. The zero-order chi connectivity index (χ0) is 13.8. The Bertz CT molecular complexity index is 464. The third-order valence-electron chi connectivity index (χ3n) is 3.56. The lowest BCUT2D eigenvalue weighted by molar-refractivity contribution is -0.117. The van der Waals surface area contributed by atoms with Gasteiger partial charge >= 0.3 is 0 Å². The van der Waals surface area contributed by atoms with Crippen LogP contribution in [0, 0.1) is 6.92 Å². The van der Waals surface area contributed by atoms with Crippen LogP contribution >= 0.6 is 15.9 Å². The van der Waals surface area contributed by atoms with E-state index in [2.05, 4.69) is 26.1 Å². The van der Waals surface area contributed by atoms with Crippen LogP contribution in [0.5, 0.6) is 0 Å². The van der Waals surface area contributed by atoms with Gasteiger partial charge in [-0.05, 0) is 50.1 Å². The van der Waals surface area contributed by atoms with Crippen molar-refractivity contribution in [1.82, 2.24) is 4.90 Å². The number of anilines is 1. The fraction of sp³-hybridized carbons (Fsp3) is 0.500. The quantitative estimate of drug-likeness (QED) is 0.891. The van der Waals surface area contributed by atoms with Crippen molar-refractivity contribution >= 4 is 27.5 Å². The van der Waals surface area contributed by atoms with E-state index < -0.39 is 0 Å². The fourth-order valence-electron chi connectivity index (χ4n) is 2.48. The number of halogens is 1. The average molecular weight is 326 g/mol. The molecule has 1 atom stereocenters. The first-order valence-corrected chi connectivity index (χ1v) is 7.39. The SMILES string of the molecule is Cc1cc(NC(=O)CN2CCCC2CN)ccc1Br. The topological polar surface area (TPSA) is 58.4 Å². The number of likely N-dealkylation sites (tertiary alicyclic amines) is 1. The fourth-order valence-corrected chi connectivity index (χ4v) is 2.72. The summed E-state index contributed by atoms with van der Waals surface area (Å²) in [7, 11) is 0. The molecule has 1 aromatic carbocycles. The molecule has 0 bridgehead atoms. The molecule has 19 heavy (non-hydrogen) atoms. The van der Waals surface area contributed by atoms with Crippen molar-refractivity contribution in [2.45, 2.75) is 25.8 Å². The van der Waals surface area contributed by atoms with Crippen LogP contribution in [0.4, 0.5) is 5.69 Å². The van der Waals surface area contributed by atoms with Crippen LogP contribution in [-0.2, 0) is 4.79 Å². The zero-order valence-electron chi connectivity index (χ0n) is 11.2. The van der Waals surface area contributed by atoms with E-state index in [1.54, 1.807) is 0 Å². The lowest BCUT2D eigenvalue weighted by atomic mass is 10.2. The molecular weight excluding hydrogens is 306 g/mol. The number of nitrogens with one attached hydrogen (secondary N) is 1. The van der Waals surface area contributed by atoms with Crippen molar-refractivity contribution < 1.29 is 4.79 Å². The minimum Gasteiger partial charge on any atom is -0.329 e. The lowest BCUT2D eigenvalue weighted by Crippen LogP contribution is -2.40. The van der Waals surface area contributed by atoms with E-state index in [0.29, 0.717) is 19.1 Å². The van der Waals surface area contributed by atoms with Crippen LogP contribution in [0.15, 0.2) is 22.7 Å². The highest BCUT2D eigenvalue weighted by atomic mass is 79.9. The minimum atomic E-state index is 0.0297. The maximum atomic E-state index is 12.0. The minimum absolute atomic E-state index is 0.0297. The number of rotatable bonds is 4. The molecule has 104 valence electrons. The molecule has 1 aromatic rings. The molecule has 0 aromatic heterocycles. The summed E-state index contributed by atoms with van der Waals surface area (Å²) in [4.78, 5) is 14.2. The van der Waals surface area contributed by atoms with E-state index in [9.17, 15) is 4.79 Å². The zero-order valence-corrected chi connectivity index (χ0v) is 12.7. The second-order valence-electron chi connectivity index (χ2n) is 5.01. The predicted octanol–water partition coefficient (Wildman–Crippen LogP) is 2.12. The van der Waals surface area contributed by atoms with Crippen LogP contribution in [0.25, 0.3) is 0 Å². The van der Waals surface area contributed by atoms with Gasteiger partial charge in [-0.25, -0.2) is 0 Å². The van der Waals surface area contributed by atoms with Crippen LogP contribution in [0.2, 0.25) is 0 Å². The van der Waals surface area contributed by atoms with Gasteiger partial charge in [-0.15, -0.1) is 0 Å². The van der Waals surface area contributed by atoms with Crippen molar-refractivity contribution in [3.05, 3.63) is 28.2 Å². The number of nitrogens with zero attached hydrogens (tertiary/aromatic N) is 1. The van der Waals surface area contributed by atoms with Gasteiger partial charge in [0.15, 0.2) is 0 Å². The Morgan fingerprint density at radius 3 is 3.05 bits per heavy atom. The number of hydrogen-bond donors (Lipinski definition) is 2. The first kappa shape index (κ1) is 14.5. The van der Waals surface area contributed by atoms with Gasteiger partial charge < -0.3 is 11.1 Å². The van der Waals surface area contributed by atoms with Gasteiger partial charge in [0.05, 0.1) is 6.54 Å². The van der Waals surface area contributed by atoms with Gasteiger partial charge in [-0.2, -0.15) is 0 Å². The number of carbonyl (C=O) groups is 1. The highest BCUT2D eigenvalue weighted by molar-refractivity contribution is 9.10. The molecule has 1 fully saturated rings. The Morgan fingerprint density at radius 1 is 1.58 bits per heavy atom. The summed E-state index contributed by atoms with van der Waals surface area (Å²) in [5.41, 5.74) is 7.66. The van der Waals surface area contributed by atoms with Crippen LogP contribution in [0.1, 0.15) is 18.4 Å². The summed E-state index contributed by atoms with van der Waals surface area (Å²) < 4.78 is 1.05. The third kappa shape index (κ3) is 3.78. The molecule has 1 aliphatic heterocycles. The van der Waals surface area contributed by atoms with Crippen molar-refractivity contribution in [1.29, 1.82) is 0 Å². The third-order valence-corrected chi connectivity index (χ3v) is 4.45. The van der Waals surface area contributed by atoms with E-state index in [0.717, 1.165) is 35.1 Å². The van der Waals surface area contributed by atoms with Crippen molar-refractivity contribution in [2.75, 3.05) is 25.0 Å². The standard InChI is InChI=1S/C14H20BrN3O/c1-10-7-11(4-5-13(10)15)17-14(19)9-18-6-2-3-12(18)8-16/h4-5,7,12H,2-3,6,8-9,16H2,1H3,(H,17,19). The maximum absolute atomic E-state index is 12.0. The Labute approximate surface area is 122 Å². The highest BCUT2D eigenvalue weighted by Gasteiger charge is 2.24. The smallest absolute Gasteiger partial charge is 0.238 e. The van der Waals surface area contributed by atoms with Gasteiger partial charge in [-0.1, -0.05) is 15.9 Å². The molecule has 3 N–H and O–H groups in total. The Hall–Kier alpha value is -0.910. The number of benzene rings is 1. The van der Waals surface area contributed by atoms with Crippen molar-refractivity contribution in [3.8, 4) is 0 Å². The van der Waals surface area contributed by atoms with Crippen LogP contribution in [-0.4, -0.2) is 36.5 Å². The van der Waals surface area contributed by atoms with Gasteiger partial charge in [0.1, 0.15) is 0 Å². The largest absolute Gasteiger partial charge is 0.329 e. The van der Waals surface area contributed by atoms with Gasteiger partial charge in [-0.3, -0.25) is 9.69 Å². The average Bonchev–Trinajstić information content (AvgIpc) is 2.81. The molecule has 0 radical (unpaired) electrons. The maximum Gasteiger partial charge on any atom is 0.238 e. The molecule has 2 rings (SSSR count). The summed E-state index contributed by atoms with van der Waals surface area (Å²) in [5.74, 6) is 0.0297. The molecule has 0 spiro atoms. The second-order valence-corrected chi connectivity index (χ2v) is 5.87. The summed E-state index contributed by atoms with van der Waals surface area (Å²) >= 11 is 3.45. The van der Waals surface area contributed by atoms with Crippen LogP contribution < -0.4 is 11.1 Å². The molecule has 5 heteroatoms. The van der Waals surface area contributed by atoms with Gasteiger partial charge in [0, 0.05) is 22.7 Å². The molecule has 1 amide bonds. The molecule has 1 unspecified atom stereocenters. The number of amides is 1. The molecule has 0 aliphatic carbocycles. The van der Waals surface area contributed by atoms with Gasteiger partial charge in [0.25, 0.3) is 0 Å². The normalized spacial score (nSPS) is 19.6. The number of carbonyl (C=O) groups excluding carboxylic acids is 1. The van der Waals surface area contributed by atoms with E-state index in [4.69, 9.17) is 5.73 Å². The highest BCUT2D eigenvalue weighted by Crippen LogP contribution is 2.20. The summed E-state index contributed by atoms with van der Waals surface area (Å²) in [6.45, 7) is 4.03. The first-order chi connectivity index (χ1) is 9.10. The first-order valence-electron chi connectivity index (χ1n) is 6.60. The monoisotopic (exact) mass is 325 g/mol. The van der Waals surface area contributed by atoms with E-state index in [1.807, 2.05) is 25.1 Å². The summed E-state index contributed by atoms with van der Waals surface area (Å²) in [6.07, 6.45) is 2.23. The molecule has 0 saturated carbocycles.